The molecule has 4 aliphatic rings. The number of rotatable bonds is 5. The van der Waals surface area contributed by atoms with E-state index in [1.807, 2.05) is 0 Å². The van der Waals surface area contributed by atoms with Crippen molar-refractivity contribution in [3.8, 4) is 5.75 Å². The van der Waals surface area contributed by atoms with Crippen LogP contribution >= 0.6 is 0 Å². The zero-order valence-electron chi connectivity index (χ0n) is 16.9. The van der Waals surface area contributed by atoms with Crippen LogP contribution in [0, 0.1) is 5.82 Å². The molecule has 4 fully saturated rings. The summed E-state index contributed by atoms with van der Waals surface area (Å²) in [7, 11) is 0. The van der Waals surface area contributed by atoms with Gasteiger partial charge in [0.2, 0.25) is 0 Å². The summed E-state index contributed by atoms with van der Waals surface area (Å²) in [5.74, 6) is 0.903. The third-order valence-corrected chi connectivity index (χ3v) is 6.85. The van der Waals surface area contributed by atoms with Crippen molar-refractivity contribution in [1.82, 2.24) is 10.2 Å². The fourth-order valence-corrected chi connectivity index (χ4v) is 5.07. The Morgan fingerprint density at radius 3 is 2.72 bits per heavy atom. The molecule has 0 aliphatic carbocycles. The molecule has 6 nitrogen and oxygen atoms in total. The second-order valence-electron chi connectivity index (χ2n) is 8.83. The summed E-state index contributed by atoms with van der Waals surface area (Å²) in [6, 6.07) is 5.42. The van der Waals surface area contributed by atoms with E-state index in [1.54, 1.807) is 12.1 Å². The minimum atomic E-state index is -0.198. The first-order valence-electron chi connectivity index (χ1n) is 10.9. The van der Waals surface area contributed by atoms with Gasteiger partial charge >= 0.3 is 0 Å². The Hall–Kier alpha value is -1.25. The number of likely N-dealkylation sites (tertiary alicyclic amines) is 1. The lowest BCUT2D eigenvalue weighted by Gasteiger charge is -2.40. The number of hydrogen-bond acceptors (Lipinski definition) is 6. The van der Waals surface area contributed by atoms with Gasteiger partial charge in [0.15, 0.2) is 0 Å². The van der Waals surface area contributed by atoms with Gasteiger partial charge in [0, 0.05) is 24.7 Å². The van der Waals surface area contributed by atoms with Crippen LogP contribution in [0.2, 0.25) is 0 Å². The Labute approximate surface area is 171 Å². The summed E-state index contributed by atoms with van der Waals surface area (Å²) >= 11 is 0. The molecule has 7 heteroatoms. The van der Waals surface area contributed by atoms with Crippen LogP contribution in [0.5, 0.6) is 5.75 Å². The number of benzene rings is 1. The summed E-state index contributed by atoms with van der Waals surface area (Å²) in [5, 5.41) is 3.33. The van der Waals surface area contributed by atoms with E-state index in [2.05, 4.69) is 10.2 Å². The van der Waals surface area contributed by atoms with Gasteiger partial charge in [0.05, 0.1) is 32.0 Å². The average Bonchev–Trinajstić information content (AvgIpc) is 3.20. The van der Waals surface area contributed by atoms with Crippen LogP contribution in [0.15, 0.2) is 18.2 Å². The molecule has 160 valence electrons. The van der Waals surface area contributed by atoms with Crippen molar-refractivity contribution in [2.24, 2.45) is 0 Å². The van der Waals surface area contributed by atoms with Crippen LogP contribution in [0.4, 0.5) is 4.39 Å². The molecule has 0 saturated carbocycles. The maximum Gasteiger partial charge on any atom is 0.123 e. The smallest absolute Gasteiger partial charge is 0.123 e. The molecule has 0 bridgehead atoms. The number of nitrogens with zero attached hydrogens (tertiary/aromatic N) is 1. The molecular formula is C22H31FN2O4. The van der Waals surface area contributed by atoms with Gasteiger partial charge < -0.3 is 24.3 Å². The van der Waals surface area contributed by atoms with Crippen molar-refractivity contribution in [3.63, 3.8) is 0 Å². The van der Waals surface area contributed by atoms with Crippen LogP contribution in [0.25, 0.3) is 0 Å². The van der Waals surface area contributed by atoms with Gasteiger partial charge in [0.25, 0.3) is 0 Å². The predicted molar refractivity (Wildman–Crippen MR) is 106 cm³/mol. The first kappa shape index (κ1) is 19.7. The maximum atomic E-state index is 14.0. The highest BCUT2D eigenvalue weighted by Crippen LogP contribution is 2.38. The maximum absolute atomic E-state index is 14.0. The van der Waals surface area contributed by atoms with Gasteiger partial charge in [-0.25, -0.2) is 4.39 Å². The van der Waals surface area contributed by atoms with Gasteiger partial charge in [-0.3, -0.25) is 4.90 Å². The summed E-state index contributed by atoms with van der Waals surface area (Å²) < 4.78 is 37.3. The lowest BCUT2D eigenvalue weighted by atomic mass is 9.86. The van der Waals surface area contributed by atoms with Gasteiger partial charge in [0.1, 0.15) is 24.3 Å². The van der Waals surface area contributed by atoms with Crippen molar-refractivity contribution in [3.05, 3.63) is 29.6 Å². The summed E-state index contributed by atoms with van der Waals surface area (Å²) in [6.45, 7) is 7.09. The van der Waals surface area contributed by atoms with Crippen LogP contribution in [0.1, 0.15) is 30.7 Å². The van der Waals surface area contributed by atoms with E-state index in [-0.39, 0.29) is 17.5 Å². The molecule has 2 unspecified atom stereocenters. The highest BCUT2D eigenvalue weighted by Gasteiger charge is 2.47. The van der Waals surface area contributed by atoms with Gasteiger partial charge in [-0.1, -0.05) is 0 Å². The van der Waals surface area contributed by atoms with Crippen LogP contribution < -0.4 is 10.1 Å². The summed E-state index contributed by atoms with van der Waals surface area (Å²) in [6.07, 6.45) is 3.11. The Kier molecular flexibility index (Phi) is 5.76. The first-order valence-corrected chi connectivity index (χ1v) is 10.9. The molecule has 29 heavy (non-hydrogen) atoms. The summed E-state index contributed by atoms with van der Waals surface area (Å²) in [5.41, 5.74) is 1.08. The number of ether oxygens (including phenoxy) is 4. The molecule has 5 rings (SSSR count). The Morgan fingerprint density at radius 1 is 1.17 bits per heavy atom. The molecule has 1 N–H and O–H groups in total. The monoisotopic (exact) mass is 406 g/mol. The van der Waals surface area contributed by atoms with Crippen LogP contribution in [-0.2, 0) is 14.2 Å². The van der Waals surface area contributed by atoms with Gasteiger partial charge in [-0.2, -0.15) is 0 Å². The van der Waals surface area contributed by atoms with E-state index in [9.17, 15) is 4.39 Å². The normalized spacial score (nSPS) is 30.4. The lowest BCUT2D eigenvalue weighted by molar-refractivity contribution is -0.101. The fourth-order valence-electron chi connectivity index (χ4n) is 5.07. The molecule has 0 aromatic heterocycles. The van der Waals surface area contributed by atoms with E-state index in [0.29, 0.717) is 38.4 Å². The van der Waals surface area contributed by atoms with E-state index in [0.717, 1.165) is 63.4 Å². The van der Waals surface area contributed by atoms with Crippen LogP contribution in [-0.4, -0.2) is 81.9 Å². The van der Waals surface area contributed by atoms with Crippen molar-refractivity contribution in [2.45, 2.75) is 42.9 Å². The van der Waals surface area contributed by atoms with E-state index < -0.39 is 0 Å². The fraction of sp³-hybridized carbons (Fsp3) is 0.727. The zero-order chi connectivity index (χ0) is 19.7. The predicted octanol–water partition coefficient (Wildman–Crippen LogP) is 1.93. The highest BCUT2D eigenvalue weighted by molar-refractivity contribution is 5.37. The number of hydrogen-bond donors (Lipinski definition) is 1. The SMILES string of the molecule is Fc1ccc(OCC2COCCO2)c(C2CCN(C3COC4(CNC4)C3)CC2)c1. The molecular weight excluding hydrogens is 375 g/mol. The molecule has 4 saturated heterocycles. The molecule has 1 aromatic rings. The third-order valence-electron chi connectivity index (χ3n) is 6.85. The number of nitrogens with one attached hydrogen (secondary N) is 1. The Bertz CT molecular complexity index is 700. The topological polar surface area (TPSA) is 52.2 Å². The summed E-state index contributed by atoms with van der Waals surface area (Å²) in [4.78, 5) is 2.57. The molecule has 0 radical (unpaired) electrons. The van der Waals surface area contributed by atoms with Crippen molar-refractivity contribution in [2.75, 3.05) is 59.2 Å². The zero-order valence-corrected chi connectivity index (χ0v) is 16.9. The Morgan fingerprint density at radius 2 is 2.03 bits per heavy atom. The van der Waals surface area contributed by atoms with Gasteiger partial charge in [-0.15, -0.1) is 0 Å². The van der Waals surface area contributed by atoms with Crippen molar-refractivity contribution < 1.29 is 23.3 Å². The van der Waals surface area contributed by atoms with Crippen molar-refractivity contribution in [1.29, 1.82) is 0 Å². The molecule has 2 atom stereocenters. The van der Waals surface area contributed by atoms with E-state index >= 15 is 0 Å². The van der Waals surface area contributed by atoms with E-state index in [1.165, 1.54) is 6.07 Å². The standard InChI is InChI=1S/C22H31FN2O4/c23-17-1-2-21(28-13-19-12-26-7-8-27-19)20(9-17)16-3-5-25(6-4-16)18-10-22(29-11-18)14-24-15-22/h1-2,9,16,18-19,24H,3-8,10-15H2. The lowest BCUT2D eigenvalue weighted by Crippen LogP contribution is -2.59. The average molecular weight is 406 g/mol. The Balaban J connectivity index is 1.19. The molecule has 4 heterocycles. The number of halogens is 1. The van der Waals surface area contributed by atoms with Crippen LogP contribution in [0.3, 0.4) is 0 Å². The van der Waals surface area contributed by atoms with E-state index in [4.69, 9.17) is 18.9 Å². The second-order valence-corrected chi connectivity index (χ2v) is 8.83. The van der Waals surface area contributed by atoms with Crippen molar-refractivity contribution >= 4 is 0 Å². The largest absolute Gasteiger partial charge is 0.490 e. The highest BCUT2D eigenvalue weighted by atomic mass is 19.1. The minimum Gasteiger partial charge on any atom is -0.490 e. The number of piperidine rings is 1. The minimum absolute atomic E-state index is 0.0563. The second kappa shape index (κ2) is 8.47. The third kappa shape index (κ3) is 4.30. The molecule has 1 spiro atoms. The molecule has 4 aliphatic heterocycles. The quantitative estimate of drug-likeness (QED) is 0.807. The first-order chi connectivity index (χ1) is 14.2. The van der Waals surface area contributed by atoms with Gasteiger partial charge in [-0.05, 0) is 56.5 Å². The molecule has 0 amide bonds. The molecule has 1 aromatic carbocycles.